The largest absolute Gasteiger partial charge is 0.299 e. The first-order valence-electron chi connectivity index (χ1n) is 8.58. The summed E-state index contributed by atoms with van der Waals surface area (Å²) in [6, 6.07) is 3.36. The fraction of sp³-hybridized carbons (Fsp3) is 0.647. The zero-order valence-electron chi connectivity index (χ0n) is 14.0. The second-order valence-electron chi connectivity index (χ2n) is 7.16. The third-order valence-corrected chi connectivity index (χ3v) is 5.57. The number of likely N-dealkylation sites (N-methyl/N-ethyl adjacent to an activating group) is 1. The van der Waals surface area contributed by atoms with E-state index in [2.05, 4.69) is 44.1 Å². The predicted molar refractivity (Wildman–Crippen MR) is 88.8 cm³/mol. The standard InChI is InChI=1S/C17H26N6/c1-20-10-14(9-19-20)11-22-7-4-17-15(12-22)8-16(21(17)2)13-23-6-3-5-18-23/h3,5-6,9-10,15-17H,4,7-8,11-13H2,1-2H3/t15-,16?,17+/m0/s1. The molecule has 2 aliphatic heterocycles. The average molecular weight is 314 g/mol. The van der Waals surface area contributed by atoms with Gasteiger partial charge in [0, 0.05) is 56.4 Å². The van der Waals surface area contributed by atoms with E-state index < -0.39 is 0 Å². The molecule has 4 heterocycles. The van der Waals surface area contributed by atoms with E-state index >= 15 is 0 Å². The predicted octanol–water partition coefficient (Wildman–Crippen LogP) is 1.21. The van der Waals surface area contributed by atoms with Crippen LogP contribution >= 0.6 is 0 Å². The van der Waals surface area contributed by atoms with Gasteiger partial charge in [-0.3, -0.25) is 19.2 Å². The fourth-order valence-electron chi connectivity index (χ4n) is 4.43. The number of fused-ring (bicyclic) bond motifs is 1. The molecule has 6 heteroatoms. The summed E-state index contributed by atoms with van der Waals surface area (Å²) in [5.41, 5.74) is 1.32. The number of nitrogens with zero attached hydrogens (tertiary/aromatic N) is 6. The molecule has 23 heavy (non-hydrogen) atoms. The Morgan fingerprint density at radius 2 is 2.17 bits per heavy atom. The molecule has 0 aliphatic carbocycles. The maximum Gasteiger partial charge on any atom is 0.0565 e. The molecule has 2 aromatic rings. The van der Waals surface area contributed by atoms with E-state index in [0.29, 0.717) is 6.04 Å². The highest BCUT2D eigenvalue weighted by Gasteiger charge is 2.41. The van der Waals surface area contributed by atoms with E-state index in [1.807, 2.05) is 30.2 Å². The van der Waals surface area contributed by atoms with Crippen molar-refractivity contribution in [3.05, 3.63) is 36.4 Å². The first-order chi connectivity index (χ1) is 11.2. The molecule has 0 spiro atoms. The molecule has 0 bridgehead atoms. The van der Waals surface area contributed by atoms with Crippen LogP contribution in [0.4, 0.5) is 0 Å². The topological polar surface area (TPSA) is 42.1 Å². The van der Waals surface area contributed by atoms with E-state index in [1.54, 1.807) is 0 Å². The molecule has 2 saturated heterocycles. The highest BCUT2D eigenvalue weighted by molar-refractivity contribution is 5.05. The molecule has 4 rings (SSSR count). The van der Waals surface area contributed by atoms with Crippen molar-refractivity contribution < 1.29 is 0 Å². The van der Waals surface area contributed by atoms with Crippen molar-refractivity contribution in [1.82, 2.24) is 29.4 Å². The summed E-state index contributed by atoms with van der Waals surface area (Å²) in [4.78, 5) is 5.20. The van der Waals surface area contributed by atoms with Gasteiger partial charge in [0.15, 0.2) is 0 Å². The normalized spacial score (nSPS) is 29.0. The highest BCUT2D eigenvalue weighted by Crippen LogP contribution is 2.35. The quantitative estimate of drug-likeness (QED) is 0.851. The van der Waals surface area contributed by atoms with E-state index in [4.69, 9.17) is 0 Å². The van der Waals surface area contributed by atoms with Crippen LogP contribution in [0.2, 0.25) is 0 Å². The summed E-state index contributed by atoms with van der Waals surface area (Å²) in [6.07, 6.45) is 10.6. The van der Waals surface area contributed by atoms with Crippen LogP contribution in [0.3, 0.4) is 0 Å². The first kappa shape index (κ1) is 14.9. The zero-order valence-corrected chi connectivity index (χ0v) is 14.0. The number of hydrogen-bond acceptors (Lipinski definition) is 4. The Bertz CT molecular complexity index is 633. The SMILES string of the molecule is CN1C(Cn2cccn2)C[C@H]2CN(Cc3cnn(C)c3)CC[C@H]21. The van der Waals surface area contributed by atoms with Crippen molar-refractivity contribution in [2.24, 2.45) is 13.0 Å². The van der Waals surface area contributed by atoms with Crippen molar-refractivity contribution in [3.63, 3.8) is 0 Å². The molecule has 124 valence electrons. The fourth-order valence-corrected chi connectivity index (χ4v) is 4.43. The van der Waals surface area contributed by atoms with Gasteiger partial charge in [0.05, 0.1) is 12.7 Å². The summed E-state index contributed by atoms with van der Waals surface area (Å²) < 4.78 is 3.97. The van der Waals surface area contributed by atoms with Crippen molar-refractivity contribution in [2.75, 3.05) is 20.1 Å². The van der Waals surface area contributed by atoms with Crippen molar-refractivity contribution in [3.8, 4) is 0 Å². The number of aryl methyl sites for hydroxylation is 1. The van der Waals surface area contributed by atoms with Gasteiger partial charge in [0.1, 0.15) is 0 Å². The monoisotopic (exact) mass is 314 g/mol. The van der Waals surface area contributed by atoms with Crippen molar-refractivity contribution in [2.45, 2.75) is 38.0 Å². The van der Waals surface area contributed by atoms with Crippen LogP contribution in [0, 0.1) is 5.92 Å². The Morgan fingerprint density at radius 3 is 2.91 bits per heavy atom. The first-order valence-corrected chi connectivity index (χ1v) is 8.58. The average Bonchev–Trinajstić information content (AvgIpc) is 3.24. The van der Waals surface area contributed by atoms with Gasteiger partial charge < -0.3 is 0 Å². The van der Waals surface area contributed by atoms with E-state index in [0.717, 1.165) is 25.0 Å². The minimum absolute atomic E-state index is 0.614. The van der Waals surface area contributed by atoms with Crippen LogP contribution < -0.4 is 0 Å². The van der Waals surface area contributed by atoms with Crippen LogP contribution in [0.15, 0.2) is 30.9 Å². The summed E-state index contributed by atoms with van der Waals surface area (Å²) in [6.45, 7) is 4.44. The van der Waals surface area contributed by atoms with Crippen molar-refractivity contribution in [1.29, 1.82) is 0 Å². The number of rotatable bonds is 4. The second-order valence-corrected chi connectivity index (χ2v) is 7.16. The lowest BCUT2D eigenvalue weighted by atomic mass is 9.92. The van der Waals surface area contributed by atoms with Gasteiger partial charge in [-0.05, 0) is 38.4 Å². The molecular weight excluding hydrogens is 288 g/mol. The molecule has 6 nitrogen and oxygen atoms in total. The van der Waals surface area contributed by atoms with Gasteiger partial charge in [-0.1, -0.05) is 0 Å². The minimum Gasteiger partial charge on any atom is -0.299 e. The van der Waals surface area contributed by atoms with E-state index in [-0.39, 0.29) is 0 Å². The third-order valence-electron chi connectivity index (χ3n) is 5.57. The van der Waals surface area contributed by atoms with Gasteiger partial charge in [-0.15, -0.1) is 0 Å². The molecule has 0 amide bonds. The molecule has 2 aliphatic rings. The maximum atomic E-state index is 4.37. The van der Waals surface area contributed by atoms with Gasteiger partial charge in [0.2, 0.25) is 0 Å². The van der Waals surface area contributed by atoms with Gasteiger partial charge in [0.25, 0.3) is 0 Å². The molecule has 2 aromatic heterocycles. The van der Waals surface area contributed by atoms with Crippen molar-refractivity contribution >= 4 is 0 Å². The summed E-state index contributed by atoms with van der Waals surface area (Å²) in [5.74, 6) is 0.783. The van der Waals surface area contributed by atoms with Gasteiger partial charge >= 0.3 is 0 Å². The molecule has 2 fully saturated rings. The lowest BCUT2D eigenvalue weighted by Gasteiger charge is -2.37. The highest BCUT2D eigenvalue weighted by atomic mass is 15.3. The molecular formula is C17H26N6. The third kappa shape index (κ3) is 3.05. The Hall–Kier alpha value is -1.66. The number of aromatic nitrogens is 4. The maximum absolute atomic E-state index is 4.37. The lowest BCUT2D eigenvalue weighted by Crippen LogP contribution is -2.45. The lowest BCUT2D eigenvalue weighted by molar-refractivity contribution is 0.109. The molecule has 3 atom stereocenters. The van der Waals surface area contributed by atoms with Crippen LogP contribution in [0.25, 0.3) is 0 Å². The minimum atomic E-state index is 0.614. The van der Waals surface area contributed by atoms with Gasteiger partial charge in [-0.25, -0.2) is 0 Å². The molecule has 0 aromatic carbocycles. The van der Waals surface area contributed by atoms with E-state index in [1.165, 1.54) is 31.5 Å². The summed E-state index contributed by atoms with van der Waals surface area (Å²) in [7, 11) is 4.29. The smallest absolute Gasteiger partial charge is 0.0565 e. The van der Waals surface area contributed by atoms with Crippen LogP contribution in [-0.2, 0) is 20.1 Å². The number of piperidine rings is 1. The second kappa shape index (κ2) is 6.09. The number of hydrogen-bond donors (Lipinski definition) is 0. The Kier molecular flexibility index (Phi) is 3.95. The van der Waals surface area contributed by atoms with Crippen LogP contribution in [0.5, 0.6) is 0 Å². The number of likely N-dealkylation sites (tertiary alicyclic amines) is 2. The summed E-state index contributed by atoms with van der Waals surface area (Å²) in [5, 5.41) is 8.66. The van der Waals surface area contributed by atoms with E-state index in [9.17, 15) is 0 Å². The Balaban J connectivity index is 1.38. The molecule has 1 unspecified atom stereocenters. The Morgan fingerprint density at radius 1 is 1.26 bits per heavy atom. The van der Waals surface area contributed by atoms with Crippen LogP contribution in [0.1, 0.15) is 18.4 Å². The molecule has 0 N–H and O–H groups in total. The summed E-state index contributed by atoms with van der Waals surface area (Å²) >= 11 is 0. The Labute approximate surface area is 137 Å². The molecule has 0 saturated carbocycles. The zero-order chi connectivity index (χ0) is 15.8. The van der Waals surface area contributed by atoms with Gasteiger partial charge in [-0.2, -0.15) is 10.2 Å². The molecule has 0 radical (unpaired) electrons. The van der Waals surface area contributed by atoms with Crippen LogP contribution in [-0.4, -0.2) is 61.6 Å².